The second-order valence-electron chi connectivity index (χ2n) is 7.35. The second kappa shape index (κ2) is 7.85. The average Bonchev–Trinajstić information content (AvgIpc) is 2.77. The fourth-order valence-corrected chi connectivity index (χ4v) is 3.55. The van der Waals surface area contributed by atoms with Gasteiger partial charge in [-0.1, -0.05) is 0 Å². The third-order valence-electron chi connectivity index (χ3n) is 5.14. The number of amides is 1. The molecular formula is C22H16N2O10. The summed E-state index contributed by atoms with van der Waals surface area (Å²) in [5.41, 5.74) is 1.99. The van der Waals surface area contributed by atoms with Crippen molar-refractivity contribution in [1.82, 2.24) is 4.57 Å². The van der Waals surface area contributed by atoms with Crippen LogP contribution in [-0.2, 0) is 16.6 Å². The molecule has 0 saturated carbocycles. The molecule has 0 aliphatic carbocycles. The molecule has 0 spiro atoms. The Balaban J connectivity index is 2.04. The first-order valence-corrected chi connectivity index (χ1v) is 9.52. The number of aromatic hydroxyl groups is 4. The van der Waals surface area contributed by atoms with E-state index in [9.17, 15) is 39.6 Å². The zero-order valence-electron chi connectivity index (χ0n) is 17.4. The predicted octanol–water partition coefficient (Wildman–Crippen LogP) is 0.776. The number of pyridine rings is 1. The number of nitrogens with zero attached hydrogens (tertiary/aromatic N) is 1. The smallest absolute Gasteiger partial charge is 0.343 e. The highest BCUT2D eigenvalue weighted by Gasteiger charge is 2.26. The van der Waals surface area contributed by atoms with Gasteiger partial charge in [0.25, 0.3) is 5.91 Å². The molecule has 4 rings (SSSR count). The van der Waals surface area contributed by atoms with Crippen LogP contribution in [0.25, 0.3) is 33.0 Å². The van der Waals surface area contributed by atoms with Crippen LogP contribution in [0.15, 0.2) is 44.7 Å². The van der Waals surface area contributed by atoms with Crippen LogP contribution in [0, 0.1) is 0 Å². The van der Waals surface area contributed by atoms with E-state index in [1.807, 2.05) is 0 Å². The van der Waals surface area contributed by atoms with Gasteiger partial charge in [0.05, 0.1) is 27.4 Å². The maximum atomic E-state index is 13.4. The number of esters is 1. The quantitative estimate of drug-likeness (QED) is 0.210. The highest BCUT2D eigenvalue weighted by molar-refractivity contribution is 6.08. The molecule has 12 nitrogen and oxygen atoms in total. The lowest BCUT2D eigenvalue weighted by molar-refractivity contribution is -0.121. The molecule has 0 fully saturated rings. The fraction of sp³-hybridized carbons (Fsp3) is 0.0909. The SMILES string of the molecule is Cn1cc(-c2coc3cc(O)c(O)c(C(=O)OCC(N)=O)c3c2=O)c(=O)c2cc(O)c(O)cc21. The van der Waals surface area contributed by atoms with Crippen molar-refractivity contribution in [3.63, 3.8) is 0 Å². The molecule has 2 aromatic heterocycles. The molecule has 2 heterocycles. The Morgan fingerprint density at radius 3 is 2.35 bits per heavy atom. The maximum absolute atomic E-state index is 13.4. The van der Waals surface area contributed by atoms with Crippen LogP contribution < -0.4 is 16.6 Å². The first-order valence-electron chi connectivity index (χ1n) is 9.52. The summed E-state index contributed by atoms with van der Waals surface area (Å²) in [4.78, 5) is 50.0. The van der Waals surface area contributed by atoms with Crippen molar-refractivity contribution in [3.8, 4) is 34.1 Å². The molecule has 2 aromatic carbocycles. The number of carbonyl (C=O) groups is 2. The number of ether oxygens (including phenoxy) is 1. The van der Waals surface area contributed by atoms with Crippen LogP contribution in [0.4, 0.5) is 0 Å². The molecule has 4 aromatic rings. The van der Waals surface area contributed by atoms with E-state index in [2.05, 4.69) is 4.74 Å². The van der Waals surface area contributed by atoms with Gasteiger partial charge in [-0.15, -0.1) is 0 Å². The number of rotatable bonds is 4. The van der Waals surface area contributed by atoms with Crippen molar-refractivity contribution in [2.45, 2.75) is 0 Å². The first kappa shape index (κ1) is 22.2. The summed E-state index contributed by atoms with van der Waals surface area (Å²) in [5.74, 6) is -5.14. The van der Waals surface area contributed by atoms with Crippen LogP contribution >= 0.6 is 0 Å². The summed E-state index contributed by atoms with van der Waals surface area (Å²) in [6.07, 6.45) is 2.22. The lowest BCUT2D eigenvalue weighted by atomic mass is 10.0. The monoisotopic (exact) mass is 468 g/mol. The molecule has 1 amide bonds. The molecule has 0 atom stereocenters. The van der Waals surface area contributed by atoms with E-state index in [4.69, 9.17) is 10.2 Å². The van der Waals surface area contributed by atoms with Gasteiger partial charge in [0.2, 0.25) is 5.43 Å². The van der Waals surface area contributed by atoms with Gasteiger partial charge in [-0.05, 0) is 6.07 Å². The zero-order chi connectivity index (χ0) is 24.9. The van der Waals surface area contributed by atoms with E-state index in [0.717, 1.165) is 18.4 Å². The van der Waals surface area contributed by atoms with Gasteiger partial charge in [-0.3, -0.25) is 14.4 Å². The van der Waals surface area contributed by atoms with Gasteiger partial charge >= 0.3 is 5.97 Å². The number of hydrogen-bond donors (Lipinski definition) is 5. The number of phenolic OH excluding ortho intramolecular Hbond substituents is 4. The average molecular weight is 468 g/mol. The van der Waals surface area contributed by atoms with Crippen molar-refractivity contribution >= 4 is 33.7 Å². The Bertz CT molecular complexity index is 1650. The predicted molar refractivity (Wildman–Crippen MR) is 117 cm³/mol. The summed E-state index contributed by atoms with van der Waals surface area (Å²) in [6.45, 7) is -0.859. The van der Waals surface area contributed by atoms with E-state index in [1.54, 1.807) is 0 Å². The molecule has 0 aliphatic heterocycles. The number of nitrogens with two attached hydrogens (primary N) is 1. The lowest BCUT2D eigenvalue weighted by Crippen LogP contribution is -2.22. The summed E-state index contributed by atoms with van der Waals surface area (Å²) in [7, 11) is 1.53. The molecular weight excluding hydrogens is 452 g/mol. The van der Waals surface area contributed by atoms with Gasteiger partial charge in [-0.2, -0.15) is 0 Å². The van der Waals surface area contributed by atoms with Crippen molar-refractivity contribution in [3.05, 3.63) is 56.7 Å². The Hall–Kier alpha value is -5.00. The van der Waals surface area contributed by atoms with E-state index in [1.165, 1.54) is 23.9 Å². The van der Waals surface area contributed by atoms with Crippen LogP contribution in [0.3, 0.4) is 0 Å². The fourth-order valence-electron chi connectivity index (χ4n) is 3.55. The van der Waals surface area contributed by atoms with Crippen LogP contribution in [-0.4, -0.2) is 43.5 Å². The number of hydrogen-bond acceptors (Lipinski definition) is 10. The van der Waals surface area contributed by atoms with Crippen LogP contribution in [0.5, 0.6) is 23.0 Å². The van der Waals surface area contributed by atoms with Crippen molar-refractivity contribution in [2.75, 3.05) is 6.61 Å². The summed E-state index contributed by atoms with van der Waals surface area (Å²) in [6, 6.07) is 3.10. The van der Waals surface area contributed by atoms with E-state index < -0.39 is 63.3 Å². The normalized spacial score (nSPS) is 11.1. The largest absolute Gasteiger partial charge is 0.504 e. The third-order valence-corrected chi connectivity index (χ3v) is 5.14. The number of phenols is 4. The lowest BCUT2D eigenvalue weighted by Gasteiger charge is -2.12. The van der Waals surface area contributed by atoms with Gasteiger partial charge in [0, 0.05) is 25.4 Å². The molecule has 6 N–H and O–H groups in total. The van der Waals surface area contributed by atoms with Crippen LogP contribution in [0.1, 0.15) is 10.4 Å². The van der Waals surface area contributed by atoms with Crippen molar-refractivity contribution in [1.29, 1.82) is 0 Å². The molecule has 174 valence electrons. The Morgan fingerprint density at radius 2 is 1.68 bits per heavy atom. The van der Waals surface area contributed by atoms with Crippen molar-refractivity contribution in [2.24, 2.45) is 12.8 Å². The maximum Gasteiger partial charge on any atom is 0.343 e. The minimum Gasteiger partial charge on any atom is -0.504 e. The Morgan fingerprint density at radius 1 is 1.00 bits per heavy atom. The van der Waals surface area contributed by atoms with E-state index >= 15 is 0 Å². The van der Waals surface area contributed by atoms with Crippen molar-refractivity contribution < 1.29 is 39.2 Å². The number of carbonyl (C=O) groups excluding carboxylic acids is 2. The molecule has 0 bridgehead atoms. The van der Waals surface area contributed by atoms with Gasteiger partial charge in [0.1, 0.15) is 17.4 Å². The number of primary amides is 1. The summed E-state index contributed by atoms with van der Waals surface area (Å²) in [5, 5.41) is 39.2. The number of aromatic nitrogens is 1. The third kappa shape index (κ3) is 3.43. The molecule has 0 radical (unpaired) electrons. The molecule has 12 heteroatoms. The molecule has 34 heavy (non-hydrogen) atoms. The van der Waals surface area contributed by atoms with Gasteiger partial charge < -0.3 is 39.9 Å². The minimum atomic E-state index is -1.34. The minimum absolute atomic E-state index is 0.0237. The van der Waals surface area contributed by atoms with Gasteiger partial charge in [-0.25, -0.2) is 4.79 Å². The number of aryl methyl sites for hydroxylation is 1. The highest BCUT2D eigenvalue weighted by Crippen LogP contribution is 2.36. The number of fused-ring (bicyclic) bond motifs is 2. The summed E-state index contributed by atoms with van der Waals surface area (Å²) < 4.78 is 11.5. The summed E-state index contributed by atoms with van der Waals surface area (Å²) >= 11 is 0. The molecule has 0 saturated heterocycles. The van der Waals surface area contributed by atoms with E-state index in [-0.39, 0.29) is 27.6 Å². The molecule has 0 aliphatic rings. The Labute approximate surface area is 188 Å². The second-order valence-corrected chi connectivity index (χ2v) is 7.35. The highest BCUT2D eigenvalue weighted by atomic mass is 16.5. The number of benzene rings is 2. The molecule has 0 unspecified atom stereocenters. The van der Waals surface area contributed by atoms with Gasteiger partial charge in [0.15, 0.2) is 35.0 Å². The standard InChI is InChI=1S/C22H16N2O10/c1-24-5-9(19(29)8-2-12(25)13(26)3-11(8)24)10-6-33-15-4-14(27)21(31)18(17(15)20(10)30)22(32)34-7-16(23)28/h2-6,25-27,31H,7H2,1H3,(H2,23,28). The first-order chi connectivity index (χ1) is 16.0. The van der Waals surface area contributed by atoms with E-state index in [0.29, 0.717) is 0 Å². The topological polar surface area (TPSA) is 203 Å². The zero-order valence-corrected chi connectivity index (χ0v) is 17.4. The Kier molecular flexibility index (Phi) is 5.12. The van der Waals surface area contributed by atoms with Crippen LogP contribution in [0.2, 0.25) is 0 Å².